The minimum atomic E-state index is -4.60. The number of aliphatic hydroxyl groups is 1. The van der Waals surface area contributed by atoms with Crippen LogP contribution in [0, 0.1) is 0 Å². The van der Waals surface area contributed by atoms with Crippen molar-refractivity contribution in [3.63, 3.8) is 0 Å². The molecule has 246 valence electrons. The second-order valence-electron chi connectivity index (χ2n) is 11.4. The fourth-order valence-electron chi connectivity index (χ4n) is 3.57. The third kappa shape index (κ3) is 28.5. The highest BCUT2D eigenvalue weighted by molar-refractivity contribution is 7.45. The lowest BCUT2D eigenvalue weighted by atomic mass is 10.1. The summed E-state index contributed by atoms with van der Waals surface area (Å²) in [6.45, 7) is 4.31. The van der Waals surface area contributed by atoms with Crippen molar-refractivity contribution in [3.8, 4) is 0 Å². The summed E-state index contributed by atoms with van der Waals surface area (Å²) in [5.74, 6) is -0.297. The Labute approximate surface area is 262 Å². The number of amides is 1. The Morgan fingerprint density at radius 2 is 1.40 bits per heavy atom. The first kappa shape index (κ1) is 40.9. The van der Waals surface area contributed by atoms with Gasteiger partial charge >= 0.3 is 0 Å². The number of aliphatic hydroxyl groups excluding tert-OH is 1. The van der Waals surface area contributed by atoms with Crippen LogP contribution in [-0.4, -0.2) is 68.5 Å². The highest BCUT2D eigenvalue weighted by Gasteiger charge is 2.23. The molecular formula is C34H59N2O6P. The smallest absolute Gasteiger partial charge is 0.268 e. The fourth-order valence-corrected chi connectivity index (χ4v) is 4.29. The van der Waals surface area contributed by atoms with Crippen molar-refractivity contribution in [2.24, 2.45) is 0 Å². The molecule has 0 aromatic heterocycles. The van der Waals surface area contributed by atoms with E-state index < -0.39 is 26.6 Å². The summed E-state index contributed by atoms with van der Waals surface area (Å²) < 4.78 is 22.8. The number of carbonyl (C=O) groups excluding carboxylic acids is 1. The number of hydrogen-bond acceptors (Lipinski definition) is 6. The van der Waals surface area contributed by atoms with E-state index in [-0.39, 0.29) is 18.9 Å². The molecule has 0 aromatic rings. The van der Waals surface area contributed by atoms with E-state index in [1.807, 2.05) is 39.4 Å². The van der Waals surface area contributed by atoms with Gasteiger partial charge in [-0.3, -0.25) is 9.36 Å². The Hall–Kier alpha value is -2.06. The maximum absolute atomic E-state index is 12.6. The Morgan fingerprint density at radius 3 is 2.00 bits per heavy atom. The van der Waals surface area contributed by atoms with Crippen molar-refractivity contribution < 1.29 is 32.9 Å². The molecule has 0 heterocycles. The zero-order valence-corrected chi connectivity index (χ0v) is 28.3. The van der Waals surface area contributed by atoms with Crippen LogP contribution in [-0.2, 0) is 18.4 Å². The van der Waals surface area contributed by atoms with E-state index in [0.717, 1.165) is 57.8 Å². The maximum atomic E-state index is 12.6. The van der Waals surface area contributed by atoms with E-state index in [4.69, 9.17) is 9.05 Å². The number of phosphoric ester groups is 1. The molecule has 8 nitrogen and oxygen atoms in total. The van der Waals surface area contributed by atoms with Crippen LogP contribution in [0.5, 0.6) is 0 Å². The summed E-state index contributed by atoms with van der Waals surface area (Å²) in [6, 6.07) is -0.939. The van der Waals surface area contributed by atoms with E-state index in [1.54, 1.807) is 6.08 Å². The summed E-state index contributed by atoms with van der Waals surface area (Å²) in [7, 11) is 1.18. The maximum Gasteiger partial charge on any atom is 0.268 e. The van der Waals surface area contributed by atoms with E-state index in [0.29, 0.717) is 17.4 Å². The van der Waals surface area contributed by atoms with Gasteiger partial charge in [0.05, 0.1) is 39.9 Å². The van der Waals surface area contributed by atoms with Gasteiger partial charge in [-0.2, -0.15) is 0 Å². The Bertz CT molecular complexity index is 934. The van der Waals surface area contributed by atoms with Crippen LogP contribution >= 0.6 is 7.82 Å². The lowest BCUT2D eigenvalue weighted by Crippen LogP contribution is -2.45. The van der Waals surface area contributed by atoms with Crippen LogP contribution in [0.1, 0.15) is 84.5 Å². The minimum Gasteiger partial charge on any atom is -0.756 e. The molecule has 0 saturated carbocycles. The molecule has 0 rings (SSSR count). The Kier molecular flexibility index (Phi) is 25.1. The number of quaternary nitrogens is 1. The van der Waals surface area contributed by atoms with Crippen molar-refractivity contribution in [3.05, 3.63) is 72.9 Å². The number of nitrogens with one attached hydrogen (secondary N) is 1. The second-order valence-corrected chi connectivity index (χ2v) is 12.8. The van der Waals surface area contributed by atoms with E-state index >= 15 is 0 Å². The third-order valence-electron chi connectivity index (χ3n) is 6.16. The zero-order valence-electron chi connectivity index (χ0n) is 27.4. The molecule has 1 amide bonds. The molecule has 0 fully saturated rings. The molecule has 2 N–H and O–H groups in total. The fraction of sp³-hybridized carbons (Fsp3) is 0.618. The summed E-state index contributed by atoms with van der Waals surface area (Å²) in [5, 5.41) is 13.5. The third-order valence-corrected chi connectivity index (χ3v) is 7.13. The number of unbranched alkanes of at least 4 members (excludes halogenated alkanes) is 3. The molecule has 0 aliphatic carbocycles. The average Bonchev–Trinajstić information content (AvgIpc) is 2.94. The number of nitrogens with zero attached hydrogens (tertiary/aromatic N) is 1. The van der Waals surface area contributed by atoms with Gasteiger partial charge in [-0.05, 0) is 51.4 Å². The summed E-state index contributed by atoms with van der Waals surface area (Å²) in [5.41, 5.74) is 0. The first-order valence-corrected chi connectivity index (χ1v) is 17.3. The van der Waals surface area contributed by atoms with Gasteiger partial charge in [-0.25, -0.2) is 0 Å². The van der Waals surface area contributed by atoms with Gasteiger partial charge in [0.1, 0.15) is 13.2 Å². The predicted octanol–water partition coefficient (Wildman–Crippen LogP) is 6.71. The minimum absolute atomic E-state index is 0.0234. The lowest BCUT2D eigenvalue weighted by molar-refractivity contribution is -0.870. The molecule has 0 aromatic carbocycles. The van der Waals surface area contributed by atoms with Crippen molar-refractivity contribution >= 4 is 13.7 Å². The second kappa shape index (κ2) is 26.4. The van der Waals surface area contributed by atoms with Gasteiger partial charge in [0.2, 0.25) is 5.91 Å². The number of allylic oxidation sites excluding steroid dienone is 11. The molecule has 0 radical (unpaired) electrons. The molecule has 43 heavy (non-hydrogen) atoms. The number of likely N-dealkylation sites (N-methyl/N-ethyl adjacent to an activating group) is 1. The van der Waals surface area contributed by atoms with Gasteiger partial charge in [0.25, 0.3) is 7.82 Å². The highest BCUT2D eigenvalue weighted by atomic mass is 31.2. The zero-order chi connectivity index (χ0) is 32.2. The van der Waals surface area contributed by atoms with Crippen LogP contribution < -0.4 is 10.2 Å². The van der Waals surface area contributed by atoms with E-state index in [2.05, 4.69) is 67.8 Å². The number of phosphoric acid groups is 1. The summed E-state index contributed by atoms with van der Waals surface area (Å²) >= 11 is 0. The molecule has 3 atom stereocenters. The highest BCUT2D eigenvalue weighted by Crippen LogP contribution is 2.38. The topological polar surface area (TPSA) is 108 Å². The quantitative estimate of drug-likeness (QED) is 0.0481. The van der Waals surface area contributed by atoms with Gasteiger partial charge in [0, 0.05) is 6.42 Å². The van der Waals surface area contributed by atoms with Gasteiger partial charge in [-0.15, -0.1) is 0 Å². The summed E-state index contributed by atoms with van der Waals surface area (Å²) in [4.78, 5) is 24.9. The monoisotopic (exact) mass is 622 g/mol. The van der Waals surface area contributed by atoms with Gasteiger partial charge < -0.3 is 28.8 Å². The molecule has 3 unspecified atom stereocenters. The Morgan fingerprint density at radius 1 is 0.837 bits per heavy atom. The number of rotatable bonds is 26. The van der Waals surface area contributed by atoms with Gasteiger partial charge in [0.15, 0.2) is 0 Å². The number of carbonyl (C=O) groups is 1. The van der Waals surface area contributed by atoms with E-state index in [9.17, 15) is 19.4 Å². The van der Waals surface area contributed by atoms with Crippen LogP contribution in [0.2, 0.25) is 0 Å². The van der Waals surface area contributed by atoms with Crippen molar-refractivity contribution in [2.75, 3.05) is 40.9 Å². The molecule has 0 spiro atoms. The van der Waals surface area contributed by atoms with Crippen molar-refractivity contribution in [2.45, 2.75) is 96.6 Å². The molecule has 0 aliphatic heterocycles. The lowest BCUT2D eigenvalue weighted by Gasteiger charge is -2.29. The average molecular weight is 623 g/mol. The SMILES string of the molecule is CC/C=C\C/C=C\C/C=C\C/C=C\CCC(=O)NC(COP(=O)([O-])OCC[N+](C)(C)C)C(O)/C=C/CC/C=C/CCCC. The summed E-state index contributed by atoms with van der Waals surface area (Å²) in [6.07, 6.45) is 32.7. The largest absolute Gasteiger partial charge is 0.756 e. The molecule has 9 heteroatoms. The van der Waals surface area contributed by atoms with Crippen molar-refractivity contribution in [1.82, 2.24) is 5.32 Å². The number of hydrogen-bond donors (Lipinski definition) is 2. The van der Waals surface area contributed by atoms with Crippen LogP contribution in [0.25, 0.3) is 0 Å². The molecule has 0 bridgehead atoms. The van der Waals surface area contributed by atoms with Crippen LogP contribution in [0.15, 0.2) is 72.9 Å². The first-order valence-electron chi connectivity index (χ1n) is 15.8. The van der Waals surface area contributed by atoms with Crippen LogP contribution in [0.3, 0.4) is 0 Å². The normalized spacial score (nSPS) is 16.0. The molecule has 0 saturated heterocycles. The van der Waals surface area contributed by atoms with E-state index in [1.165, 1.54) is 0 Å². The van der Waals surface area contributed by atoms with Crippen LogP contribution in [0.4, 0.5) is 0 Å². The van der Waals surface area contributed by atoms with Gasteiger partial charge in [-0.1, -0.05) is 99.6 Å². The standard InChI is InChI=1S/C34H59N2O6P/c1-6-8-10-12-14-16-17-18-19-20-22-24-26-28-34(38)35-32(31-42-43(39,40)41-30-29-36(3,4)5)33(37)27-25-23-21-15-13-11-9-7-2/h8,10,13-16,18-19,22,24-25,27,32-33,37H,6-7,9,11-12,17,20-21,23,26,28-31H2,1-5H3,(H-,35,38,39,40)/b10-8-,15-13+,16-14-,19-18-,24-22-,27-25+. The predicted molar refractivity (Wildman–Crippen MR) is 177 cm³/mol. The van der Waals surface area contributed by atoms with Crippen molar-refractivity contribution in [1.29, 1.82) is 0 Å². The Balaban J connectivity index is 4.81. The molecule has 0 aliphatic rings. The molecular weight excluding hydrogens is 563 g/mol. The first-order chi connectivity index (χ1) is 20.5.